The van der Waals surface area contributed by atoms with Crippen molar-refractivity contribution in [2.75, 3.05) is 18.8 Å². The minimum absolute atomic E-state index is 0. The standard InChI is InChI=1S/C12H16ClN5S.ClH/c13-9-5-16-18(7-9)10-1-3-17(4-2-10)8-11-6-15-12(14)19-11;/h5-7,10H,1-4,8H2,(H2,14,15);1H. The Morgan fingerprint density at radius 2 is 2.10 bits per heavy atom. The first-order valence-electron chi connectivity index (χ1n) is 6.33. The molecule has 110 valence electrons. The second-order valence-electron chi connectivity index (χ2n) is 4.81. The van der Waals surface area contributed by atoms with Gasteiger partial charge in [-0.1, -0.05) is 11.6 Å². The average Bonchev–Trinajstić information content (AvgIpc) is 3.00. The summed E-state index contributed by atoms with van der Waals surface area (Å²) < 4.78 is 1.99. The zero-order valence-corrected chi connectivity index (χ0v) is 13.3. The van der Waals surface area contributed by atoms with Crippen molar-refractivity contribution in [3.63, 3.8) is 0 Å². The first kappa shape index (κ1) is 15.6. The lowest BCUT2D eigenvalue weighted by Crippen LogP contribution is -2.34. The number of halogens is 2. The van der Waals surface area contributed by atoms with Crippen molar-refractivity contribution in [1.82, 2.24) is 19.7 Å². The Balaban J connectivity index is 0.00000147. The molecule has 2 N–H and O–H groups in total. The van der Waals surface area contributed by atoms with E-state index in [0.717, 1.165) is 32.5 Å². The Hall–Kier alpha value is -0.820. The van der Waals surface area contributed by atoms with Gasteiger partial charge in [0.2, 0.25) is 0 Å². The molecule has 1 saturated heterocycles. The van der Waals surface area contributed by atoms with E-state index in [-0.39, 0.29) is 12.4 Å². The van der Waals surface area contributed by atoms with Crippen molar-refractivity contribution in [3.8, 4) is 0 Å². The Kier molecular flexibility index (Phi) is 5.26. The summed E-state index contributed by atoms with van der Waals surface area (Å²) in [6, 6.07) is 0.468. The van der Waals surface area contributed by atoms with Crippen molar-refractivity contribution in [1.29, 1.82) is 0 Å². The number of rotatable bonds is 3. The number of anilines is 1. The summed E-state index contributed by atoms with van der Waals surface area (Å²) >= 11 is 7.48. The zero-order valence-electron chi connectivity index (χ0n) is 10.9. The van der Waals surface area contributed by atoms with Crippen molar-refractivity contribution in [2.24, 2.45) is 0 Å². The van der Waals surface area contributed by atoms with E-state index >= 15 is 0 Å². The van der Waals surface area contributed by atoms with E-state index in [2.05, 4.69) is 15.0 Å². The number of nitrogens with two attached hydrogens (primary N) is 1. The largest absolute Gasteiger partial charge is 0.375 e. The second kappa shape index (κ2) is 6.76. The molecular formula is C12H17Cl2N5S. The van der Waals surface area contributed by atoms with E-state index in [1.165, 1.54) is 4.88 Å². The second-order valence-corrected chi connectivity index (χ2v) is 6.39. The molecule has 0 aromatic carbocycles. The average molecular weight is 334 g/mol. The number of thiazole rings is 1. The van der Waals surface area contributed by atoms with Crippen molar-refractivity contribution in [2.45, 2.75) is 25.4 Å². The van der Waals surface area contributed by atoms with E-state index in [1.54, 1.807) is 17.5 Å². The molecule has 3 heterocycles. The monoisotopic (exact) mass is 333 g/mol. The van der Waals surface area contributed by atoms with Crippen LogP contribution in [0.5, 0.6) is 0 Å². The third kappa shape index (κ3) is 3.63. The summed E-state index contributed by atoms with van der Waals surface area (Å²) in [7, 11) is 0. The lowest BCUT2D eigenvalue weighted by Gasteiger charge is -2.31. The molecule has 5 nitrogen and oxygen atoms in total. The number of hydrogen-bond acceptors (Lipinski definition) is 5. The molecule has 2 aromatic rings. The smallest absolute Gasteiger partial charge is 0.180 e. The van der Waals surface area contributed by atoms with Gasteiger partial charge in [-0.25, -0.2) is 4.98 Å². The van der Waals surface area contributed by atoms with Crippen LogP contribution in [-0.4, -0.2) is 32.8 Å². The predicted molar refractivity (Wildman–Crippen MR) is 84.6 cm³/mol. The fourth-order valence-electron chi connectivity index (χ4n) is 2.47. The highest BCUT2D eigenvalue weighted by atomic mass is 35.5. The highest BCUT2D eigenvalue weighted by Gasteiger charge is 2.21. The number of likely N-dealkylation sites (tertiary alicyclic amines) is 1. The molecule has 1 aliphatic heterocycles. The molecule has 0 aliphatic carbocycles. The van der Waals surface area contributed by atoms with Gasteiger partial charge in [0.15, 0.2) is 5.13 Å². The topological polar surface area (TPSA) is 60.0 Å². The lowest BCUT2D eigenvalue weighted by atomic mass is 10.1. The molecule has 0 radical (unpaired) electrons. The Bertz CT molecular complexity index is 548. The summed E-state index contributed by atoms with van der Waals surface area (Å²) in [6.07, 6.45) is 7.69. The molecule has 3 rings (SSSR count). The quantitative estimate of drug-likeness (QED) is 0.938. The van der Waals surface area contributed by atoms with Crippen LogP contribution in [0.1, 0.15) is 23.8 Å². The summed E-state index contributed by atoms with van der Waals surface area (Å²) in [5, 5.41) is 5.65. The molecule has 0 unspecified atom stereocenters. The molecule has 2 aromatic heterocycles. The van der Waals surface area contributed by atoms with E-state index in [4.69, 9.17) is 17.3 Å². The molecule has 8 heteroatoms. The Morgan fingerprint density at radius 1 is 1.35 bits per heavy atom. The van der Waals surface area contributed by atoms with Crippen LogP contribution in [0, 0.1) is 0 Å². The first-order valence-corrected chi connectivity index (χ1v) is 7.52. The van der Waals surface area contributed by atoms with Crippen LogP contribution in [0.4, 0.5) is 5.13 Å². The van der Waals surface area contributed by atoms with Gasteiger partial charge in [-0.2, -0.15) is 5.10 Å². The van der Waals surface area contributed by atoms with Gasteiger partial charge in [0, 0.05) is 36.9 Å². The summed E-state index contributed by atoms with van der Waals surface area (Å²) in [5.74, 6) is 0. The highest BCUT2D eigenvalue weighted by Crippen LogP contribution is 2.25. The van der Waals surface area contributed by atoms with Crippen LogP contribution in [0.25, 0.3) is 0 Å². The maximum atomic E-state index is 5.91. The van der Waals surface area contributed by atoms with Crippen molar-refractivity contribution < 1.29 is 0 Å². The maximum Gasteiger partial charge on any atom is 0.180 e. The van der Waals surface area contributed by atoms with Gasteiger partial charge in [-0.15, -0.1) is 23.7 Å². The van der Waals surface area contributed by atoms with Crippen LogP contribution in [0.3, 0.4) is 0 Å². The van der Waals surface area contributed by atoms with Gasteiger partial charge in [0.05, 0.1) is 17.3 Å². The van der Waals surface area contributed by atoms with Crippen LogP contribution < -0.4 is 5.73 Å². The van der Waals surface area contributed by atoms with E-state index in [9.17, 15) is 0 Å². The van der Waals surface area contributed by atoms with Crippen molar-refractivity contribution >= 4 is 40.5 Å². The van der Waals surface area contributed by atoms with E-state index in [1.807, 2.05) is 17.1 Å². The van der Waals surface area contributed by atoms with Gasteiger partial charge in [-0.3, -0.25) is 9.58 Å². The number of hydrogen-bond donors (Lipinski definition) is 1. The molecule has 1 aliphatic rings. The minimum Gasteiger partial charge on any atom is -0.375 e. The summed E-state index contributed by atoms with van der Waals surface area (Å²) in [5.41, 5.74) is 5.65. The molecule has 1 fully saturated rings. The Morgan fingerprint density at radius 3 is 2.65 bits per heavy atom. The fraction of sp³-hybridized carbons (Fsp3) is 0.500. The van der Waals surface area contributed by atoms with Crippen LogP contribution in [-0.2, 0) is 6.54 Å². The molecule has 0 atom stereocenters. The van der Waals surface area contributed by atoms with Gasteiger partial charge < -0.3 is 5.73 Å². The SMILES string of the molecule is Cl.Nc1ncc(CN2CCC(n3cc(Cl)cn3)CC2)s1. The fourth-order valence-corrected chi connectivity index (χ4v) is 3.34. The molecule has 0 saturated carbocycles. The zero-order chi connectivity index (χ0) is 13.2. The number of nitrogens with zero attached hydrogens (tertiary/aromatic N) is 4. The number of aromatic nitrogens is 3. The highest BCUT2D eigenvalue weighted by molar-refractivity contribution is 7.15. The minimum atomic E-state index is 0. The molecular weight excluding hydrogens is 317 g/mol. The van der Waals surface area contributed by atoms with Gasteiger partial charge in [-0.05, 0) is 12.8 Å². The van der Waals surface area contributed by atoms with E-state index in [0.29, 0.717) is 16.2 Å². The van der Waals surface area contributed by atoms with Crippen LogP contribution in [0.15, 0.2) is 18.6 Å². The first-order chi connectivity index (χ1) is 9.20. The summed E-state index contributed by atoms with van der Waals surface area (Å²) in [4.78, 5) is 7.76. The Labute approximate surface area is 133 Å². The van der Waals surface area contributed by atoms with Gasteiger partial charge >= 0.3 is 0 Å². The summed E-state index contributed by atoms with van der Waals surface area (Å²) in [6.45, 7) is 3.08. The predicted octanol–water partition coefficient (Wildman–Crippen LogP) is 2.83. The van der Waals surface area contributed by atoms with Crippen LogP contribution >= 0.6 is 35.3 Å². The molecule has 0 spiro atoms. The lowest BCUT2D eigenvalue weighted by molar-refractivity contribution is 0.174. The molecule has 20 heavy (non-hydrogen) atoms. The maximum absolute atomic E-state index is 5.91. The van der Waals surface area contributed by atoms with Crippen molar-refractivity contribution in [3.05, 3.63) is 28.5 Å². The molecule has 0 bridgehead atoms. The van der Waals surface area contributed by atoms with E-state index < -0.39 is 0 Å². The van der Waals surface area contributed by atoms with Gasteiger partial charge in [0.25, 0.3) is 0 Å². The molecule has 0 amide bonds. The normalized spacial score (nSPS) is 17.1. The number of nitrogen functional groups attached to an aromatic ring is 1. The third-order valence-electron chi connectivity index (χ3n) is 3.45. The van der Waals surface area contributed by atoms with Crippen LogP contribution in [0.2, 0.25) is 5.02 Å². The van der Waals surface area contributed by atoms with Gasteiger partial charge in [0.1, 0.15) is 0 Å². The third-order valence-corrected chi connectivity index (χ3v) is 4.46. The number of piperidine rings is 1.